The van der Waals surface area contributed by atoms with E-state index < -0.39 is 0 Å². The van der Waals surface area contributed by atoms with Gasteiger partial charge in [-0.15, -0.1) is 0 Å². The molecule has 86 valence electrons. The minimum Gasteiger partial charge on any atom is -0.379 e. The van der Waals surface area contributed by atoms with Crippen LogP contribution in [0.2, 0.25) is 0 Å². The van der Waals surface area contributed by atoms with Gasteiger partial charge in [0.15, 0.2) is 0 Å². The molecular formula is C14H19NO. The lowest BCUT2D eigenvalue weighted by Crippen LogP contribution is -2.43. The molecule has 0 N–H and O–H groups in total. The first-order valence-electron chi connectivity index (χ1n) is 5.89. The largest absolute Gasteiger partial charge is 0.379 e. The van der Waals surface area contributed by atoms with E-state index in [4.69, 9.17) is 4.74 Å². The molecule has 16 heavy (non-hydrogen) atoms. The Morgan fingerprint density at radius 2 is 2.19 bits per heavy atom. The first-order chi connectivity index (χ1) is 7.86. The van der Waals surface area contributed by atoms with Crippen molar-refractivity contribution in [3.8, 4) is 0 Å². The minimum atomic E-state index is 0.536. The van der Waals surface area contributed by atoms with Crippen molar-refractivity contribution in [3.63, 3.8) is 0 Å². The summed E-state index contributed by atoms with van der Waals surface area (Å²) >= 11 is 0. The van der Waals surface area contributed by atoms with E-state index in [1.807, 2.05) is 6.07 Å². The average Bonchev–Trinajstić information content (AvgIpc) is 2.33. The number of ether oxygens (including phenoxy) is 1. The van der Waals surface area contributed by atoms with Gasteiger partial charge in [-0.25, -0.2) is 0 Å². The van der Waals surface area contributed by atoms with Crippen LogP contribution in [-0.4, -0.2) is 37.2 Å². The zero-order valence-electron chi connectivity index (χ0n) is 9.80. The second-order valence-electron chi connectivity index (χ2n) is 4.23. The zero-order valence-corrected chi connectivity index (χ0v) is 9.80. The molecule has 0 spiro atoms. The van der Waals surface area contributed by atoms with E-state index in [9.17, 15) is 0 Å². The van der Waals surface area contributed by atoms with Crippen LogP contribution in [0.3, 0.4) is 0 Å². The molecule has 1 atom stereocenters. The monoisotopic (exact) mass is 217 g/mol. The molecule has 1 fully saturated rings. The van der Waals surface area contributed by atoms with Crippen LogP contribution >= 0.6 is 0 Å². The van der Waals surface area contributed by atoms with Crippen molar-refractivity contribution in [1.29, 1.82) is 0 Å². The normalized spacial score (nSPS) is 22.7. The van der Waals surface area contributed by atoms with E-state index in [2.05, 4.69) is 48.2 Å². The topological polar surface area (TPSA) is 12.5 Å². The standard InChI is InChI=1S/C14H19NO/c1-13-12-16-11-10-15(13)9-5-8-14-6-3-2-4-7-14/h2-8,13H,9-12H2,1H3/b8-5+. The van der Waals surface area contributed by atoms with E-state index >= 15 is 0 Å². The van der Waals surface area contributed by atoms with Crippen LogP contribution in [0, 0.1) is 0 Å². The second-order valence-corrected chi connectivity index (χ2v) is 4.23. The lowest BCUT2D eigenvalue weighted by molar-refractivity contribution is 0.00564. The van der Waals surface area contributed by atoms with Crippen LogP contribution in [0.5, 0.6) is 0 Å². The minimum absolute atomic E-state index is 0.536. The van der Waals surface area contributed by atoms with Crippen molar-refractivity contribution in [1.82, 2.24) is 4.90 Å². The van der Waals surface area contributed by atoms with Gasteiger partial charge in [0, 0.05) is 19.1 Å². The SMILES string of the molecule is CC1COCCN1C/C=C/c1ccccc1. The molecule has 0 amide bonds. The van der Waals surface area contributed by atoms with Crippen molar-refractivity contribution in [3.05, 3.63) is 42.0 Å². The fourth-order valence-corrected chi connectivity index (χ4v) is 1.92. The van der Waals surface area contributed by atoms with Crippen LogP contribution in [-0.2, 0) is 4.74 Å². The van der Waals surface area contributed by atoms with Crippen molar-refractivity contribution in [2.45, 2.75) is 13.0 Å². The summed E-state index contributed by atoms with van der Waals surface area (Å²) in [4.78, 5) is 2.45. The Hall–Kier alpha value is -1.12. The van der Waals surface area contributed by atoms with E-state index in [-0.39, 0.29) is 0 Å². The van der Waals surface area contributed by atoms with Gasteiger partial charge in [-0.2, -0.15) is 0 Å². The Labute approximate surface area is 97.5 Å². The number of hydrogen-bond donors (Lipinski definition) is 0. The van der Waals surface area contributed by atoms with Crippen molar-refractivity contribution >= 4 is 6.08 Å². The molecule has 0 radical (unpaired) electrons. The summed E-state index contributed by atoms with van der Waals surface area (Å²) < 4.78 is 5.41. The Bertz CT molecular complexity index is 334. The fourth-order valence-electron chi connectivity index (χ4n) is 1.92. The molecule has 2 nitrogen and oxygen atoms in total. The zero-order chi connectivity index (χ0) is 11.2. The molecule has 0 saturated carbocycles. The predicted molar refractivity (Wildman–Crippen MR) is 67.3 cm³/mol. The highest BCUT2D eigenvalue weighted by molar-refractivity contribution is 5.48. The molecule has 2 rings (SSSR count). The van der Waals surface area contributed by atoms with Crippen LogP contribution in [0.15, 0.2) is 36.4 Å². The first-order valence-corrected chi connectivity index (χ1v) is 5.89. The van der Waals surface area contributed by atoms with Gasteiger partial charge in [0.2, 0.25) is 0 Å². The Balaban J connectivity index is 1.84. The average molecular weight is 217 g/mol. The molecule has 1 saturated heterocycles. The molecular weight excluding hydrogens is 198 g/mol. The smallest absolute Gasteiger partial charge is 0.0619 e. The number of rotatable bonds is 3. The van der Waals surface area contributed by atoms with Gasteiger partial charge >= 0.3 is 0 Å². The van der Waals surface area contributed by atoms with Gasteiger partial charge in [-0.1, -0.05) is 42.5 Å². The molecule has 1 aliphatic rings. The van der Waals surface area contributed by atoms with Crippen molar-refractivity contribution in [2.75, 3.05) is 26.3 Å². The third-order valence-electron chi connectivity index (χ3n) is 2.96. The summed E-state index contributed by atoms with van der Waals surface area (Å²) in [5.74, 6) is 0. The van der Waals surface area contributed by atoms with Crippen molar-refractivity contribution in [2.24, 2.45) is 0 Å². The van der Waals surface area contributed by atoms with Gasteiger partial charge in [-0.05, 0) is 12.5 Å². The highest BCUT2D eigenvalue weighted by Crippen LogP contribution is 2.07. The first kappa shape index (κ1) is 11.4. The summed E-state index contributed by atoms with van der Waals surface area (Å²) in [6.07, 6.45) is 4.42. The van der Waals surface area contributed by atoms with Gasteiger partial charge in [0.05, 0.1) is 13.2 Å². The lowest BCUT2D eigenvalue weighted by Gasteiger charge is -2.32. The Kier molecular flexibility index (Phi) is 4.14. The Morgan fingerprint density at radius 3 is 2.94 bits per heavy atom. The van der Waals surface area contributed by atoms with Crippen LogP contribution in [0.25, 0.3) is 6.08 Å². The maximum atomic E-state index is 5.41. The van der Waals surface area contributed by atoms with E-state index in [1.165, 1.54) is 5.56 Å². The molecule has 1 aromatic rings. The molecule has 1 heterocycles. The maximum absolute atomic E-state index is 5.41. The van der Waals surface area contributed by atoms with Crippen molar-refractivity contribution < 1.29 is 4.74 Å². The van der Waals surface area contributed by atoms with E-state index in [1.54, 1.807) is 0 Å². The predicted octanol–water partition coefficient (Wildman–Crippen LogP) is 2.42. The van der Waals surface area contributed by atoms with Gasteiger partial charge in [0.1, 0.15) is 0 Å². The summed E-state index contributed by atoms with van der Waals surface area (Å²) in [6.45, 7) is 6.00. The van der Waals surface area contributed by atoms with Crippen LogP contribution < -0.4 is 0 Å². The highest BCUT2D eigenvalue weighted by Gasteiger charge is 2.16. The quantitative estimate of drug-likeness (QED) is 0.771. The van der Waals surface area contributed by atoms with Crippen LogP contribution in [0.1, 0.15) is 12.5 Å². The molecule has 1 unspecified atom stereocenters. The number of benzene rings is 1. The van der Waals surface area contributed by atoms with Crippen LogP contribution in [0.4, 0.5) is 0 Å². The molecule has 1 aliphatic heterocycles. The molecule has 1 aromatic carbocycles. The number of morpholine rings is 1. The van der Waals surface area contributed by atoms with Gasteiger partial charge in [-0.3, -0.25) is 4.90 Å². The fraction of sp³-hybridized carbons (Fsp3) is 0.429. The molecule has 2 heteroatoms. The highest BCUT2D eigenvalue weighted by atomic mass is 16.5. The number of hydrogen-bond acceptors (Lipinski definition) is 2. The van der Waals surface area contributed by atoms with Gasteiger partial charge < -0.3 is 4.74 Å². The summed E-state index contributed by atoms with van der Waals surface area (Å²) in [6, 6.07) is 11.0. The summed E-state index contributed by atoms with van der Waals surface area (Å²) in [7, 11) is 0. The summed E-state index contributed by atoms with van der Waals surface area (Å²) in [5, 5.41) is 0. The molecule has 0 aromatic heterocycles. The second kappa shape index (κ2) is 5.83. The van der Waals surface area contributed by atoms with E-state index in [0.29, 0.717) is 6.04 Å². The maximum Gasteiger partial charge on any atom is 0.0619 e. The third-order valence-corrected chi connectivity index (χ3v) is 2.96. The van der Waals surface area contributed by atoms with Gasteiger partial charge in [0.25, 0.3) is 0 Å². The third kappa shape index (κ3) is 3.19. The lowest BCUT2D eigenvalue weighted by atomic mass is 10.2. The molecule has 0 bridgehead atoms. The van der Waals surface area contributed by atoms with E-state index in [0.717, 1.165) is 26.3 Å². The number of nitrogens with zero attached hydrogens (tertiary/aromatic N) is 1. The molecule has 0 aliphatic carbocycles. The summed E-state index contributed by atoms with van der Waals surface area (Å²) in [5.41, 5.74) is 1.27. The Morgan fingerprint density at radius 1 is 1.38 bits per heavy atom.